The van der Waals surface area contributed by atoms with Crippen molar-refractivity contribution < 1.29 is 14.8 Å². The molecule has 3 aromatic carbocycles. The van der Waals surface area contributed by atoms with Crippen LogP contribution >= 0.6 is 0 Å². The molecule has 0 saturated heterocycles. The molecule has 1 heterocycles. The lowest BCUT2D eigenvalue weighted by Crippen LogP contribution is -2.35. The number of aryl methyl sites for hydroxylation is 2. The number of hydrogen-bond acceptors (Lipinski definition) is 6. The molecule has 1 aliphatic heterocycles. The fraction of sp³-hybridized carbons (Fsp3) is 0.226. The summed E-state index contributed by atoms with van der Waals surface area (Å²) in [6, 6.07) is 21.4. The summed E-state index contributed by atoms with van der Waals surface area (Å²) in [6.07, 6.45) is 1.47. The molecule has 4 N–H and O–H groups in total. The lowest BCUT2D eigenvalue weighted by molar-refractivity contribution is -0.113. The van der Waals surface area contributed by atoms with Gasteiger partial charge < -0.3 is 26.4 Å². The number of allylic oxidation sites excluding steroid dienone is 2. The van der Waals surface area contributed by atoms with Crippen LogP contribution in [0.15, 0.2) is 95.3 Å². The van der Waals surface area contributed by atoms with Gasteiger partial charge in [0.15, 0.2) is 0 Å². The van der Waals surface area contributed by atoms with Crippen molar-refractivity contribution in [3.8, 4) is 0 Å². The Labute approximate surface area is 228 Å². The van der Waals surface area contributed by atoms with E-state index in [0.29, 0.717) is 39.5 Å². The number of nitrogens with zero attached hydrogens (tertiary/aromatic N) is 1. The quantitative estimate of drug-likeness (QED) is 0.267. The topological polar surface area (TPSA) is 117 Å². The molecule has 0 atom stereocenters. The number of benzene rings is 3. The summed E-state index contributed by atoms with van der Waals surface area (Å²) in [7, 11) is 0. The molecule has 4 rings (SSSR count). The van der Waals surface area contributed by atoms with Crippen molar-refractivity contribution in [2.45, 2.75) is 46.5 Å². The zero-order valence-electron chi connectivity index (χ0n) is 22.5. The van der Waals surface area contributed by atoms with Crippen LogP contribution in [0.5, 0.6) is 0 Å². The van der Waals surface area contributed by atoms with Crippen molar-refractivity contribution in [3.05, 3.63) is 117 Å². The minimum absolute atomic E-state index is 0.00601. The van der Waals surface area contributed by atoms with Gasteiger partial charge in [0.25, 0.3) is 11.8 Å². The van der Waals surface area contributed by atoms with Crippen LogP contribution in [0.25, 0.3) is 0 Å². The average Bonchev–Trinajstić information content (AvgIpc) is 2.93. The van der Waals surface area contributed by atoms with E-state index in [-0.39, 0.29) is 22.7 Å². The zero-order valence-corrected chi connectivity index (χ0v) is 22.5. The van der Waals surface area contributed by atoms with Crippen LogP contribution in [0.3, 0.4) is 0 Å². The molecule has 202 valence electrons. The lowest BCUT2D eigenvalue weighted by atomic mass is 9.79. The highest BCUT2D eigenvalue weighted by Crippen LogP contribution is 2.40. The van der Waals surface area contributed by atoms with Gasteiger partial charge in [0, 0.05) is 39.8 Å². The van der Waals surface area contributed by atoms with Crippen LogP contribution in [-0.2, 0) is 22.4 Å². The lowest BCUT2D eigenvalue weighted by Gasteiger charge is -2.32. The Morgan fingerprint density at radius 3 is 1.77 bits per heavy atom. The van der Waals surface area contributed by atoms with Gasteiger partial charge in [0.1, 0.15) is 0 Å². The highest BCUT2D eigenvalue weighted by atomic mass is 16.8. The number of carbonyl (C=O) groups is 2. The second-order valence-electron chi connectivity index (χ2n) is 9.43. The van der Waals surface area contributed by atoms with Crippen molar-refractivity contribution in [1.29, 1.82) is 0 Å². The van der Waals surface area contributed by atoms with Gasteiger partial charge in [0.2, 0.25) is 0 Å². The van der Waals surface area contributed by atoms with E-state index in [2.05, 4.69) is 16.0 Å². The Hall–Kier alpha value is -4.40. The molecule has 0 aliphatic carbocycles. The molecule has 39 heavy (non-hydrogen) atoms. The van der Waals surface area contributed by atoms with Crippen molar-refractivity contribution >= 4 is 28.9 Å². The van der Waals surface area contributed by atoms with E-state index in [9.17, 15) is 20.0 Å². The van der Waals surface area contributed by atoms with Crippen LogP contribution in [-0.4, -0.2) is 17.0 Å². The van der Waals surface area contributed by atoms with Crippen LogP contribution in [0.2, 0.25) is 0 Å². The van der Waals surface area contributed by atoms with Gasteiger partial charge in [-0.3, -0.25) is 14.8 Å². The molecule has 2 amide bonds. The van der Waals surface area contributed by atoms with Gasteiger partial charge in [-0.05, 0) is 67.6 Å². The number of rotatable bonds is 8. The molecule has 0 bridgehead atoms. The van der Waals surface area contributed by atoms with Gasteiger partial charge in [-0.1, -0.05) is 62.4 Å². The molecule has 0 unspecified atom stereocenters. The van der Waals surface area contributed by atoms with E-state index in [1.165, 1.54) is 12.1 Å². The van der Waals surface area contributed by atoms with E-state index in [0.717, 1.165) is 24.0 Å². The fourth-order valence-corrected chi connectivity index (χ4v) is 5.03. The maximum Gasteiger partial charge on any atom is 0.254 e. The normalized spacial score (nSPS) is 13.7. The van der Waals surface area contributed by atoms with E-state index in [1.807, 2.05) is 62.4 Å². The number of amides is 2. The van der Waals surface area contributed by atoms with Crippen molar-refractivity contribution in [2.24, 2.45) is 0 Å². The maximum atomic E-state index is 13.9. The number of hydrogen-bond donors (Lipinski definition) is 4. The summed E-state index contributed by atoms with van der Waals surface area (Å²) in [5.74, 6) is -1.55. The first kappa shape index (κ1) is 27.6. The minimum atomic E-state index is -0.811. The van der Waals surface area contributed by atoms with E-state index >= 15 is 0 Å². The largest absolute Gasteiger partial charge is 0.733 e. The molecule has 8 heteroatoms. The number of carbonyl (C=O) groups excluding carboxylic acids is 2. The van der Waals surface area contributed by atoms with Crippen LogP contribution in [0.4, 0.5) is 17.1 Å². The third-order valence-electron chi connectivity index (χ3n) is 6.97. The molecule has 0 aromatic heterocycles. The van der Waals surface area contributed by atoms with E-state index < -0.39 is 5.92 Å². The molecular weight excluding hydrogens is 492 g/mol. The summed E-state index contributed by atoms with van der Waals surface area (Å²) in [4.78, 5) is 27.8. The molecule has 1 aliphatic rings. The van der Waals surface area contributed by atoms with E-state index in [4.69, 9.17) is 0 Å². The Morgan fingerprint density at radius 2 is 1.31 bits per heavy atom. The summed E-state index contributed by atoms with van der Waals surface area (Å²) in [6.45, 7) is 7.60. The Morgan fingerprint density at radius 1 is 0.821 bits per heavy atom. The highest BCUT2D eigenvalue weighted by Gasteiger charge is 2.37. The third kappa shape index (κ3) is 5.87. The summed E-state index contributed by atoms with van der Waals surface area (Å²) in [5.41, 5.74) is 5.70. The first-order chi connectivity index (χ1) is 18.7. The SMILES string of the molecule is CCc1ccccc1NC(=O)C1=C(C)NC(C)=C(C(=O)Nc2ccccc2CC)C1c1cccc(N([O-])O)c1. The smallest absolute Gasteiger partial charge is 0.254 e. The van der Waals surface area contributed by atoms with Crippen molar-refractivity contribution in [2.75, 3.05) is 15.9 Å². The Bertz CT molecular complexity index is 1370. The third-order valence-corrected chi connectivity index (χ3v) is 6.97. The molecule has 0 radical (unpaired) electrons. The molecular formula is C31H33N4O4-. The predicted molar refractivity (Wildman–Crippen MR) is 154 cm³/mol. The summed E-state index contributed by atoms with van der Waals surface area (Å²) in [5, 5.41) is 30.4. The Balaban J connectivity index is 1.81. The number of para-hydroxylation sites is 2. The minimum Gasteiger partial charge on any atom is -0.733 e. The molecule has 0 saturated carbocycles. The highest BCUT2D eigenvalue weighted by molar-refractivity contribution is 6.12. The fourth-order valence-electron chi connectivity index (χ4n) is 5.03. The molecule has 3 aromatic rings. The first-order valence-electron chi connectivity index (χ1n) is 13.0. The maximum absolute atomic E-state index is 13.9. The molecule has 0 spiro atoms. The Kier molecular flexibility index (Phi) is 8.49. The summed E-state index contributed by atoms with van der Waals surface area (Å²) >= 11 is 0. The number of anilines is 3. The van der Waals surface area contributed by atoms with Crippen LogP contribution < -0.4 is 21.2 Å². The number of dihydropyridines is 1. The zero-order chi connectivity index (χ0) is 28.1. The molecule has 0 fully saturated rings. The predicted octanol–water partition coefficient (Wildman–Crippen LogP) is 6.02. The monoisotopic (exact) mass is 525 g/mol. The van der Waals surface area contributed by atoms with E-state index in [1.54, 1.807) is 26.0 Å². The molecule has 8 nitrogen and oxygen atoms in total. The average molecular weight is 526 g/mol. The van der Waals surface area contributed by atoms with Crippen molar-refractivity contribution in [1.82, 2.24) is 5.32 Å². The van der Waals surface area contributed by atoms with Gasteiger partial charge in [-0.15, -0.1) is 0 Å². The van der Waals surface area contributed by atoms with Gasteiger partial charge in [-0.25, -0.2) is 0 Å². The first-order valence-corrected chi connectivity index (χ1v) is 13.0. The van der Waals surface area contributed by atoms with Gasteiger partial charge in [-0.2, -0.15) is 0 Å². The second-order valence-corrected chi connectivity index (χ2v) is 9.43. The van der Waals surface area contributed by atoms with Crippen LogP contribution in [0, 0.1) is 5.21 Å². The van der Waals surface area contributed by atoms with Crippen LogP contribution in [0.1, 0.15) is 50.3 Å². The summed E-state index contributed by atoms with van der Waals surface area (Å²) < 4.78 is 0. The standard InChI is InChI=1S/C31H33N4O4/c1-5-21-12-7-9-16-25(21)33-30(36)27-19(3)32-20(4)28(29(27)23-14-11-15-24(18-23)35(38)39)31(37)34-26-17-10-8-13-22(26)6-2/h7-18,29,32,38H,5-6H2,1-4H3,(H,33,36)(H,34,37)/q-1. The number of nitrogens with one attached hydrogen (secondary N) is 3. The van der Waals surface area contributed by atoms with Gasteiger partial charge in [0.05, 0.1) is 5.69 Å². The second kappa shape index (κ2) is 12.0. The van der Waals surface area contributed by atoms with Crippen molar-refractivity contribution in [3.63, 3.8) is 0 Å². The van der Waals surface area contributed by atoms with Gasteiger partial charge >= 0.3 is 0 Å².